The summed E-state index contributed by atoms with van der Waals surface area (Å²) in [6.45, 7) is 8.72. The predicted molar refractivity (Wildman–Crippen MR) is 93.6 cm³/mol. The minimum absolute atomic E-state index is 0.00862. The maximum Gasteiger partial charge on any atom is 0.325 e. The number of rotatable bonds is 5. The van der Waals surface area contributed by atoms with Crippen LogP contribution in [0.25, 0.3) is 0 Å². The molecule has 3 fully saturated rings. The average molecular weight is 348 g/mol. The van der Waals surface area contributed by atoms with E-state index in [1.807, 2.05) is 4.90 Å². The van der Waals surface area contributed by atoms with Gasteiger partial charge in [-0.3, -0.25) is 14.5 Å². The van der Waals surface area contributed by atoms with Gasteiger partial charge in [-0.05, 0) is 31.6 Å². The van der Waals surface area contributed by atoms with Crippen LogP contribution in [0.4, 0.5) is 4.79 Å². The lowest BCUT2D eigenvalue weighted by molar-refractivity contribution is -0.138. The van der Waals surface area contributed by atoms with Crippen molar-refractivity contribution in [2.24, 2.45) is 5.92 Å². The van der Waals surface area contributed by atoms with E-state index < -0.39 is 6.03 Å². The molecule has 2 atom stereocenters. The molecule has 0 unspecified atom stereocenters. The van der Waals surface area contributed by atoms with Crippen LogP contribution in [0.5, 0.6) is 0 Å². The maximum absolute atomic E-state index is 12.6. The Balaban J connectivity index is 1.59. The summed E-state index contributed by atoms with van der Waals surface area (Å²) in [6.07, 6.45) is 5.30. The molecule has 0 aliphatic carbocycles. The fourth-order valence-corrected chi connectivity index (χ4v) is 4.17. The predicted octanol–water partition coefficient (Wildman–Crippen LogP) is 1.16. The third kappa shape index (κ3) is 3.65. The Labute approximate surface area is 149 Å². The molecule has 0 radical (unpaired) electrons. The van der Waals surface area contributed by atoms with Gasteiger partial charge in [-0.1, -0.05) is 19.9 Å². The number of unbranched alkanes of at least 4 members (excludes halogenated alkanes) is 1. The SMILES string of the molecule is C=C1CC[C@@H]2CN(C(=O)CN3C(=O)CNC3=O)CC[C@@H]2N1CCCC. The third-order valence-electron chi connectivity index (χ3n) is 5.64. The minimum atomic E-state index is -0.465. The molecule has 0 bridgehead atoms. The highest BCUT2D eigenvalue weighted by Crippen LogP contribution is 2.35. The summed E-state index contributed by atoms with van der Waals surface area (Å²) in [7, 11) is 0. The van der Waals surface area contributed by atoms with Gasteiger partial charge < -0.3 is 15.1 Å². The van der Waals surface area contributed by atoms with Crippen molar-refractivity contribution >= 4 is 17.8 Å². The fourth-order valence-electron chi connectivity index (χ4n) is 4.17. The number of allylic oxidation sites excluding steroid dienone is 1. The van der Waals surface area contributed by atoms with Crippen LogP contribution >= 0.6 is 0 Å². The van der Waals surface area contributed by atoms with Gasteiger partial charge in [0.1, 0.15) is 6.54 Å². The first-order chi connectivity index (χ1) is 12.0. The molecule has 3 rings (SSSR count). The molecule has 0 aromatic rings. The van der Waals surface area contributed by atoms with E-state index in [0.717, 1.165) is 43.5 Å². The summed E-state index contributed by atoms with van der Waals surface area (Å²) in [4.78, 5) is 41.1. The molecule has 3 saturated heterocycles. The lowest BCUT2D eigenvalue weighted by atomic mass is 9.82. The number of likely N-dealkylation sites (tertiary alicyclic amines) is 2. The fraction of sp³-hybridized carbons (Fsp3) is 0.722. The van der Waals surface area contributed by atoms with Crippen LogP contribution in [0.15, 0.2) is 12.3 Å². The van der Waals surface area contributed by atoms with Crippen LogP contribution in [0.2, 0.25) is 0 Å². The highest BCUT2D eigenvalue weighted by molar-refractivity contribution is 6.04. The smallest absolute Gasteiger partial charge is 0.325 e. The molecular formula is C18H28N4O3. The lowest BCUT2D eigenvalue weighted by Crippen LogP contribution is -2.55. The Hall–Kier alpha value is -2.05. The van der Waals surface area contributed by atoms with Crippen molar-refractivity contribution in [1.29, 1.82) is 0 Å². The van der Waals surface area contributed by atoms with Crippen LogP contribution in [0.1, 0.15) is 39.0 Å². The number of carbonyl (C=O) groups excluding carboxylic acids is 3. The lowest BCUT2D eigenvalue weighted by Gasteiger charge is -2.49. The Morgan fingerprint density at radius 3 is 2.80 bits per heavy atom. The summed E-state index contributed by atoms with van der Waals surface area (Å²) in [5, 5.41) is 2.45. The molecule has 4 amide bonds. The van der Waals surface area contributed by atoms with Crippen molar-refractivity contribution in [3.63, 3.8) is 0 Å². The Kier molecular flexibility index (Phi) is 5.30. The largest absolute Gasteiger partial charge is 0.372 e. The van der Waals surface area contributed by atoms with Crippen molar-refractivity contribution in [2.45, 2.75) is 45.1 Å². The zero-order chi connectivity index (χ0) is 18.0. The van der Waals surface area contributed by atoms with Crippen LogP contribution in [0.3, 0.4) is 0 Å². The third-order valence-corrected chi connectivity index (χ3v) is 5.64. The Morgan fingerprint density at radius 1 is 1.32 bits per heavy atom. The van der Waals surface area contributed by atoms with E-state index in [-0.39, 0.29) is 24.9 Å². The molecule has 1 N–H and O–H groups in total. The van der Waals surface area contributed by atoms with Gasteiger partial charge in [-0.25, -0.2) is 4.79 Å². The maximum atomic E-state index is 12.6. The summed E-state index contributed by atoms with van der Waals surface area (Å²) in [5.74, 6) is -0.00976. The van der Waals surface area contributed by atoms with Crippen molar-refractivity contribution in [3.05, 3.63) is 12.3 Å². The summed E-state index contributed by atoms with van der Waals surface area (Å²) in [6, 6.07) is 0.00140. The first-order valence-electron chi connectivity index (χ1n) is 9.31. The average Bonchev–Trinajstić information content (AvgIpc) is 2.92. The molecule has 0 saturated carbocycles. The van der Waals surface area contributed by atoms with Crippen molar-refractivity contribution in [1.82, 2.24) is 20.0 Å². The van der Waals surface area contributed by atoms with E-state index in [1.165, 1.54) is 5.70 Å². The van der Waals surface area contributed by atoms with Gasteiger partial charge >= 0.3 is 6.03 Å². The number of nitrogens with one attached hydrogen (secondary N) is 1. The molecule has 25 heavy (non-hydrogen) atoms. The number of hydrogen-bond acceptors (Lipinski definition) is 4. The van der Waals surface area contributed by atoms with Gasteiger partial charge in [-0.2, -0.15) is 0 Å². The molecule has 138 valence electrons. The number of piperidine rings is 2. The van der Waals surface area contributed by atoms with Crippen LogP contribution in [-0.4, -0.2) is 71.3 Å². The highest BCUT2D eigenvalue weighted by atomic mass is 16.2. The first kappa shape index (κ1) is 17.8. The number of carbonyl (C=O) groups is 3. The van der Waals surface area contributed by atoms with Crippen molar-refractivity contribution in [3.8, 4) is 0 Å². The van der Waals surface area contributed by atoms with Crippen molar-refractivity contribution < 1.29 is 14.4 Å². The second-order valence-corrected chi connectivity index (χ2v) is 7.25. The normalized spacial score (nSPS) is 26.8. The summed E-state index contributed by atoms with van der Waals surface area (Å²) >= 11 is 0. The number of hydrogen-bond donors (Lipinski definition) is 1. The molecular weight excluding hydrogens is 320 g/mol. The second kappa shape index (κ2) is 7.45. The van der Waals surface area contributed by atoms with Gasteiger partial charge in [0.15, 0.2) is 0 Å². The molecule has 0 spiro atoms. The van der Waals surface area contributed by atoms with Gasteiger partial charge in [0.05, 0.1) is 6.54 Å². The van der Waals surface area contributed by atoms with E-state index in [2.05, 4.69) is 23.7 Å². The molecule has 0 aromatic heterocycles. The zero-order valence-electron chi connectivity index (χ0n) is 15.0. The number of amides is 4. The van der Waals surface area contributed by atoms with E-state index in [1.54, 1.807) is 0 Å². The molecule has 3 aliphatic heterocycles. The Bertz CT molecular complexity index is 561. The monoisotopic (exact) mass is 348 g/mol. The molecule has 7 nitrogen and oxygen atoms in total. The number of fused-ring (bicyclic) bond motifs is 1. The van der Waals surface area contributed by atoms with Gasteiger partial charge in [0, 0.05) is 31.4 Å². The number of urea groups is 1. The van der Waals surface area contributed by atoms with E-state index in [9.17, 15) is 14.4 Å². The van der Waals surface area contributed by atoms with E-state index >= 15 is 0 Å². The molecule has 0 aromatic carbocycles. The highest BCUT2D eigenvalue weighted by Gasteiger charge is 2.39. The molecule has 7 heteroatoms. The van der Waals surface area contributed by atoms with Crippen LogP contribution in [0, 0.1) is 5.92 Å². The topological polar surface area (TPSA) is 73.0 Å². The number of nitrogens with zero attached hydrogens (tertiary/aromatic N) is 3. The van der Waals surface area contributed by atoms with E-state index in [0.29, 0.717) is 25.0 Å². The van der Waals surface area contributed by atoms with Gasteiger partial charge in [0.2, 0.25) is 5.91 Å². The quantitative estimate of drug-likeness (QED) is 0.757. The molecule has 3 heterocycles. The van der Waals surface area contributed by atoms with Gasteiger partial charge in [-0.15, -0.1) is 0 Å². The van der Waals surface area contributed by atoms with Gasteiger partial charge in [0.25, 0.3) is 5.91 Å². The number of imide groups is 1. The molecule has 3 aliphatic rings. The van der Waals surface area contributed by atoms with Crippen LogP contribution < -0.4 is 5.32 Å². The second-order valence-electron chi connectivity index (χ2n) is 7.25. The Morgan fingerprint density at radius 2 is 2.12 bits per heavy atom. The minimum Gasteiger partial charge on any atom is -0.372 e. The summed E-state index contributed by atoms with van der Waals surface area (Å²) < 4.78 is 0. The summed E-state index contributed by atoms with van der Waals surface area (Å²) in [5.41, 5.74) is 1.23. The van der Waals surface area contributed by atoms with Crippen molar-refractivity contribution in [2.75, 3.05) is 32.7 Å². The standard InChI is InChI=1S/C18H28N4O3/c1-3-4-8-21-13(2)5-6-14-11-20(9-7-15(14)21)17(24)12-22-16(23)10-19-18(22)25/h14-15H,2-12H2,1H3,(H,19,25)/t14-,15+/m1/s1. The first-order valence-corrected chi connectivity index (χ1v) is 9.31. The zero-order valence-corrected chi connectivity index (χ0v) is 15.0. The van der Waals surface area contributed by atoms with E-state index in [4.69, 9.17) is 0 Å². The van der Waals surface area contributed by atoms with Crippen LogP contribution in [-0.2, 0) is 9.59 Å².